The number of rotatable bonds is 11. The van der Waals surface area contributed by atoms with Gasteiger partial charge in [-0.05, 0) is 75.1 Å². The van der Waals surface area contributed by atoms with Crippen LogP contribution in [0.5, 0.6) is 0 Å². The van der Waals surface area contributed by atoms with Gasteiger partial charge in [-0.25, -0.2) is 8.42 Å². The van der Waals surface area contributed by atoms with Gasteiger partial charge in [0.2, 0.25) is 0 Å². The highest BCUT2D eigenvalue weighted by molar-refractivity contribution is 7.91. The third-order valence-electron chi connectivity index (χ3n) is 6.26. The van der Waals surface area contributed by atoms with E-state index >= 15 is 0 Å². The Labute approximate surface area is 182 Å². The van der Waals surface area contributed by atoms with Gasteiger partial charge in [0.25, 0.3) is 0 Å². The van der Waals surface area contributed by atoms with Crippen LogP contribution in [0, 0.1) is 19.3 Å². The number of methoxy groups -OCH3 is 1. The summed E-state index contributed by atoms with van der Waals surface area (Å²) in [4.78, 5) is 5.21. The first kappa shape index (κ1) is 24.7. The summed E-state index contributed by atoms with van der Waals surface area (Å²) >= 11 is 0. The average Bonchev–Trinajstić information content (AvgIpc) is 2.68. The molecule has 1 aromatic rings. The number of nitrogens with one attached hydrogen (secondary N) is 2. The van der Waals surface area contributed by atoms with Crippen molar-refractivity contribution in [1.29, 1.82) is 0 Å². The predicted molar refractivity (Wildman–Crippen MR) is 124 cm³/mol. The molecule has 1 aromatic carbocycles. The molecule has 1 unspecified atom stereocenters. The first-order valence-electron chi connectivity index (χ1n) is 11.1. The Morgan fingerprint density at radius 2 is 1.97 bits per heavy atom. The Bertz CT molecular complexity index is 817. The molecule has 0 aliphatic heterocycles. The SMILES string of the molecule is CCNC(=NCC1(CCOC)CCC1)NC(CC)CS(=O)(=O)c1ccc(C)c(C)c1. The molecular weight excluding hydrogens is 398 g/mol. The van der Waals surface area contributed by atoms with E-state index in [9.17, 15) is 8.42 Å². The lowest BCUT2D eigenvalue weighted by atomic mass is 9.67. The fourth-order valence-corrected chi connectivity index (χ4v) is 5.45. The lowest BCUT2D eigenvalue weighted by molar-refractivity contribution is 0.0778. The van der Waals surface area contributed by atoms with Crippen molar-refractivity contribution in [3.63, 3.8) is 0 Å². The van der Waals surface area contributed by atoms with Crippen LogP contribution in [0.15, 0.2) is 28.1 Å². The number of aryl methyl sites for hydroxylation is 2. The fourth-order valence-electron chi connectivity index (χ4n) is 3.77. The van der Waals surface area contributed by atoms with Crippen LogP contribution in [0.4, 0.5) is 0 Å². The minimum atomic E-state index is -3.38. The lowest BCUT2D eigenvalue weighted by Crippen LogP contribution is -2.47. The average molecular weight is 438 g/mol. The van der Waals surface area contributed by atoms with Crippen molar-refractivity contribution >= 4 is 15.8 Å². The Morgan fingerprint density at radius 3 is 2.50 bits per heavy atom. The van der Waals surface area contributed by atoms with E-state index in [-0.39, 0.29) is 17.2 Å². The molecular formula is C23H39N3O3S. The molecule has 2 N–H and O–H groups in total. The monoisotopic (exact) mass is 437 g/mol. The first-order chi connectivity index (χ1) is 14.2. The van der Waals surface area contributed by atoms with Crippen molar-refractivity contribution in [2.24, 2.45) is 10.4 Å². The van der Waals surface area contributed by atoms with E-state index < -0.39 is 9.84 Å². The maximum atomic E-state index is 13.0. The van der Waals surface area contributed by atoms with Crippen molar-refractivity contribution < 1.29 is 13.2 Å². The van der Waals surface area contributed by atoms with Gasteiger partial charge in [0.05, 0.1) is 10.6 Å². The van der Waals surface area contributed by atoms with Gasteiger partial charge < -0.3 is 15.4 Å². The van der Waals surface area contributed by atoms with E-state index in [0.717, 1.165) is 37.2 Å². The van der Waals surface area contributed by atoms with Crippen LogP contribution < -0.4 is 10.6 Å². The summed E-state index contributed by atoms with van der Waals surface area (Å²) in [6.07, 6.45) is 5.32. The quantitative estimate of drug-likeness (QED) is 0.408. The van der Waals surface area contributed by atoms with Crippen molar-refractivity contribution in [3.05, 3.63) is 29.3 Å². The van der Waals surface area contributed by atoms with Crippen LogP contribution in [0.2, 0.25) is 0 Å². The lowest BCUT2D eigenvalue weighted by Gasteiger charge is -2.41. The molecule has 1 aliphatic carbocycles. The van der Waals surface area contributed by atoms with Crippen LogP contribution in [0.3, 0.4) is 0 Å². The number of hydrogen-bond acceptors (Lipinski definition) is 4. The fraction of sp³-hybridized carbons (Fsp3) is 0.696. The Hall–Kier alpha value is -1.60. The number of guanidine groups is 1. The molecule has 7 heteroatoms. The molecule has 1 aliphatic rings. The summed E-state index contributed by atoms with van der Waals surface area (Å²) in [7, 11) is -1.64. The van der Waals surface area contributed by atoms with E-state index in [1.807, 2.05) is 33.8 Å². The number of ether oxygens (including phenoxy) is 1. The molecule has 6 nitrogen and oxygen atoms in total. The third kappa shape index (κ3) is 6.71. The van der Waals surface area contributed by atoms with Gasteiger partial charge in [-0.2, -0.15) is 0 Å². The zero-order valence-corrected chi connectivity index (χ0v) is 20.1. The molecule has 2 rings (SSSR count). The number of hydrogen-bond donors (Lipinski definition) is 2. The molecule has 0 spiro atoms. The van der Waals surface area contributed by atoms with Crippen molar-refractivity contribution in [2.45, 2.75) is 70.7 Å². The van der Waals surface area contributed by atoms with Gasteiger partial charge in [0, 0.05) is 32.8 Å². The van der Waals surface area contributed by atoms with Gasteiger partial charge >= 0.3 is 0 Å². The molecule has 0 radical (unpaired) electrons. The maximum absolute atomic E-state index is 13.0. The summed E-state index contributed by atoms with van der Waals surface area (Å²) in [6, 6.07) is 5.15. The molecule has 0 amide bonds. The molecule has 170 valence electrons. The molecule has 30 heavy (non-hydrogen) atoms. The van der Waals surface area contributed by atoms with Gasteiger partial charge in [0.15, 0.2) is 15.8 Å². The second-order valence-corrected chi connectivity index (χ2v) is 10.6. The zero-order chi connectivity index (χ0) is 22.2. The van der Waals surface area contributed by atoms with Gasteiger partial charge in [-0.1, -0.05) is 19.4 Å². The normalized spacial score (nSPS) is 17.3. The third-order valence-corrected chi connectivity index (χ3v) is 8.07. The Morgan fingerprint density at radius 1 is 1.23 bits per heavy atom. The predicted octanol–water partition coefficient (Wildman–Crippen LogP) is 3.62. The van der Waals surface area contributed by atoms with Gasteiger partial charge in [-0.15, -0.1) is 0 Å². The smallest absolute Gasteiger partial charge is 0.191 e. The number of nitrogens with zero attached hydrogens (tertiary/aromatic N) is 1. The van der Waals surface area contributed by atoms with E-state index in [1.54, 1.807) is 19.2 Å². The molecule has 0 bridgehead atoms. The largest absolute Gasteiger partial charge is 0.385 e. The number of benzene rings is 1. The Balaban J connectivity index is 2.08. The van der Waals surface area contributed by atoms with Crippen LogP contribution in [0.1, 0.15) is 57.1 Å². The van der Waals surface area contributed by atoms with E-state index in [0.29, 0.717) is 17.3 Å². The van der Waals surface area contributed by atoms with E-state index in [1.165, 1.54) is 19.3 Å². The second-order valence-electron chi connectivity index (χ2n) is 8.57. The molecule has 1 atom stereocenters. The Kier molecular flexibility index (Phi) is 9.16. The van der Waals surface area contributed by atoms with Crippen LogP contribution >= 0.6 is 0 Å². The van der Waals surface area contributed by atoms with Crippen molar-refractivity contribution in [2.75, 3.05) is 32.6 Å². The summed E-state index contributed by atoms with van der Waals surface area (Å²) in [5, 5.41) is 6.64. The standard InChI is InChI=1S/C23H39N3O3S/c1-6-20(16-30(27,28)21-10-9-18(3)19(4)15-21)26-22(24-7-2)25-17-23(11-8-12-23)13-14-29-5/h9-10,15,20H,6-8,11-14,16-17H2,1-5H3,(H2,24,25,26). The first-order valence-corrected chi connectivity index (χ1v) is 12.7. The molecule has 0 heterocycles. The highest BCUT2D eigenvalue weighted by Gasteiger charge is 2.36. The minimum Gasteiger partial charge on any atom is -0.385 e. The molecule has 1 fully saturated rings. The summed E-state index contributed by atoms with van der Waals surface area (Å²) < 4.78 is 31.2. The second kappa shape index (κ2) is 11.1. The topological polar surface area (TPSA) is 79.8 Å². The zero-order valence-electron chi connectivity index (χ0n) is 19.3. The highest BCUT2D eigenvalue weighted by atomic mass is 32.2. The van der Waals surface area contributed by atoms with Crippen molar-refractivity contribution in [1.82, 2.24) is 10.6 Å². The van der Waals surface area contributed by atoms with Crippen LogP contribution in [0.25, 0.3) is 0 Å². The molecule has 1 saturated carbocycles. The minimum absolute atomic E-state index is 0.0469. The summed E-state index contributed by atoms with van der Waals surface area (Å²) in [5.74, 6) is 0.744. The number of sulfone groups is 1. The molecule has 0 aromatic heterocycles. The van der Waals surface area contributed by atoms with Crippen molar-refractivity contribution in [3.8, 4) is 0 Å². The van der Waals surface area contributed by atoms with E-state index in [2.05, 4.69) is 10.6 Å². The summed E-state index contributed by atoms with van der Waals surface area (Å²) in [5.41, 5.74) is 2.32. The van der Waals surface area contributed by atoms with E-state index in [4.69, 9.17) is 9.73 Å². The summed E-state index contributed by atoms with van der Waals surface area (Å²) in [6.45, 7) is 10.2. The highest BCUT2D eigenvalue weighted by Crippen LogP contribution is 2.44. The van der Waals surface area contributed by atoms with Gasteiger partial charge in [0.1, 0.15) is 0 Å². The van der Waals surface area contributed by atoms with Crippen LogP contribution in [-0.2, 0) is 14.6 Å². The molecule has 0 saturated heterocycles. The maximum Gasteiger partial charge on any atom is 0.191 e. The van der Waals surface area contributed by atoms with Crippen LogP contribution in [-0.4, -0.2) is 53.0 Å². The van der Waals surface area contributed by atoms with Gasteiger partial charge in [-0.3, -0.25) is 4.99 Å². The number of aliphatic imine (C=N–C) groups is 1.